The van der Waals surface area contributed by atoms with E-state index in [-0.39, 0.29) is 5.97 Å². The van der Waals surface area contributed by atoms with Crippen LogP contribution in [0.1, 0.15) is 15.9 Å². The van der Waals surface area contributed by atoms with Crippen molar-refractivity contribution >= 4 is 35.3 Å². The van der Waals surface area contributed by atoms with Crippen molar-refractivity contribution in [3.8, 4) is 0 Å². The van der Waals surface area contributed by atoms with Gasteiger partial charge in [0.1, 0.15) is 0 Å². The maximum absolute atomic E-state index is 11.5. The van der Waals surface area contributed by atoms with Gasteiger partial charge in [-0.3, -0.25) is 0 Å². The molecule has 4 heteroatoms. The molecule has 0 fully saturated rings. The molecule has 2 rings (SSSR count). The van der Waals surface area contributed by atoms with Gasteiger partial charge in [0.05, 0.1) is 9.80 Å². The van der Waals surface area contributed by atoms with Crippen LogP contribution in [0, 0.1) is 0 Å². The van der Waals surface area contributed by atoms with Crippen molar-refractivity contribution in [1.29, 1.82) is 0 Å². The second kappa shape index (κ2) is 4.33. The molecule has 1 aromatic carbocycles. The van der Waals surface area contributed by atoms with Crippen LogP contribution in [0.25, 0.3) is 5.76 Å². The fourth-order valence-electron chi connectivity index (χ4n) is 1.48. The highest BCUT2D eigenvalue weighted by Crippen LogP contribution is 2.39. The Morgan fingerprint density at radius 1 is 1.13 bits per heavy atom. The third-order valence-corrected chi connectivity index (χ3v) is 4.25. The maximum Gasteiger partial charge on any atom is 0.344 e. The summed E-state index contributed by atoms with van der Waals surface area (Å²) in [5.74, 6) is 0.455. The Labute approximate surface area is 97.1 Å². The highest BCUT2D eigenvalue weighted by molar-refractivity contribution is 8.21. The van der Waals surface area contributed by atoms with Gasteiger partial charge < -0.3 is 4.74 Å². The van der Waals surface area contributed by atoms with E-state index in [1.165, 1.54) is 0 Å². The van der Waals surface area contributed by atoms with Crippen LogP contribution in [0.3, 0.4) is 0 Å². The summed E-state index contributed by atoms with van der Waals surface area (Å²) >= 11 is 3.20. The third-order valence-electron chi connectivity index (χ3n) is 2.14. The summed E-state index contributed by atoms with van der Waals surface area (Å²) < 4.78 is 6.31. The van der Waals surface area contributed by atoms with Gasteiger partial charge in [-0.15, -0.1) is 23.5 Å². The van der Waals surface area contributed by atoms with Crippen molar-refractivity contribution in [3.05, 3.63) is 39.6 Å². The lowest BCUT2D eigenvalue weighted by atomic mass is 10.1. The predicted molar refractivity (Wildman–Crippen MR) is 65.8 cm³/mol. The second-order valence-corrected chi connectivity index (χ2v) is 4.85. The molecule has 0 saturated heterocycles. The summed E-state index contributed by atoms with van der Waals surface area (Å²) in [4.78, 5) is 11.5. The normalized spacial score (nSPS) is 13.7. The molecular weight excluding hydrogens is 228 g/mol. The molecule has 0 aromatic heterocycles. The van der Waals surface area contributed by atoms with E-state index in [0.29, 0.717) is 11.3 Å². The van der Waals surface area contributed by atoms with E-state index < -0.39 is 0 Å². The van der Waals surface area contributed by atoms with Gasteiger partial charge in [0, 0.05) is 5.56 Å². The van der Waals surface area contributed by atoms with Crippen molar-refractivity contribution in [3.63, 3.8) is 0 Å². The topological polar surface area (TPSA) is 26.3 Å². The van der Waals surface area contributed by atoms with Crippen molar-refractivity contribution in [2.24, 2.45) is 0 Å². The van der Waals surface area contributed by atoms with Gasteiger partial charge in [-0.05, 0) is 18.6 Å². The first-order chi connectivity index (χ1) is 7.27. The molecule has 0 saturated carbocycles. The first-order valence-corrected chi connectivity index (χ1v) is 6.86. The third kappa shape index (κ3) is 1.79. The first kappa shape index (κ1) is 10.6. The summed E-state index contributed by atoms with van der Waals surface area (Å²) in [6.07, 6.45) is 3.96. The number of carbonyl (C=O) groups is 1. The Kier molecular flexibility index (Phi) is 3.07. The second-order valence-electron chi connectivity index (χ2n) is 2.96. The van der Waals surface area contributed by atoms with Crippen LogP contribution in [0.5, 0.6) is 0 Å². The van der Waals surface area contributed by atoms with E-state index in [2.05, 4.69) is 0 Å². The highest BCUT2D eigenvalue weighted by Gasteiger charge is 2.28. The lowest BCUT2D eigenvalue weighted by Gasteiger charge is -2.04. The average Bonchev–Trinajstić information content (AvgIpc) is 2.60. The molecule has 0 N–H and O–H groups in total. The van der Waals surface area contributed by atoms with Gasteiger partial charge >= 0.3 is 5.97 Å². The maximum atomic E-state index is 11.5. The van der Waals surface area contributed by atoms with E-state index in [0.717, 1.165) is 9.80 Å². The van der Waals surface area contributed by atoms with Crippen molar-refractivity contribution in [2.45, 2.75) is 0 Å². The van der Waals surface area contributed by atoms with Crippen LogP contribution >= 0.6 is 23.5 Å². The summed E-state index contributed by atoms with van der Waals surface area (Å²) in [5, 5.41) is 0. The van der Waals surface area contributed by atoms with Crippen LogP contribution in [-0.4, -0.2) is 18.5 Å². The molecule has 0 unspecified atom stereocenters. The van der Waals surface area contributed by atoms with Gasteiger partial charge in [-0.25, -0.2) is 4.79 Å². The lowest BCUT2D eigenvalue weighted by Crippen LogP contribution is -1.92. The SMILES string of the molecule is CSC(SC)=C1OC(=O)c2ccccc21. The molecule has 1 aliphatic heterocycles. The van der Waals surface area contributed by atoms with E-state index >= 15 is 0 Å². The molecule has 78 valence electrons. The van der Waals surface area contributed by atoms with Crippen LogP contribution in [0.4, 0.5) is 0 Å². The summed E-state index contributed by atoms with van der Waals surface area (Å²) in [6.45, 7) is 0. The molecule has 1 heterocycles. The van der Waals surface area contributed by atoms with Crippen LogP contribution in [-0.2, 0) is 4.74 Å². The molecule has 1 aliphatic rings. The van der Waals surface area contributed by atoms with Gasteiger partial charge in [-0.2, -0.15) is 0 Å². The largest absolute Gasteiger partial charge is 0.420 e. The van der Waals surface area contributed by atoms with Crippen molar-refractivity contribution in [1.82, 2.24) is 0 Å². The number of benzene rings is 1. The van der Waals surface area contributed by atoms with Crippen molar-refractivity contribution in [2.75, 3.05) is 12.5 Å². The Hall–Kier alpha value is -0.870. The predicted octanol–water partition coefficient (Wildman–Crippen LogP) is 3.21. The Bertz CT molecular complexity index is 432. The van der Waals surface area contributed by atoms with Crippen LogP contribution in [0.15, 0.2) is 28.5 Å². The van der Waals surface area contributed by atoms with E-state index in [9.17, 15) is 4.79 Å². The van der Waals surface area contributed by atoms with Gasteiger partial charge in [0.15, 0.2) is 5.76 Å². The monoisotopic (exact) mass is 238 g/mol. The molecule has 0 radical (unpaired) electrons. The quantitative estimate of drug-likeness (QED) is 0.739. The zero-order valence-corrected chi connectivity index (χ0v) is 10.1. The Balaban J connectivity index is 2.58. The molecule has 0 atom stereocenters. The minimum Gasteiger partial charge on any atom is -0.420 e. The number of thioether (sulfide) groups is 2. The van der Waals surface area contributed by atoms with E-state index in [1.807, 2.05) is 30.7 Å². The summed E-state index contributed by atoms with van der Waals surface area (Å²) in [6, 6.07) is 7.48. The Morgan fingerprint density at radius 2 is 1.73 bits per heavy atom. The van der Waals surface area contributed by atoms with Crippen LogP contribution in [0.2, 0.25) is 0 Å². The number of carbonyl (C=O) groups excluding carboxylic acids is 1. The van der Waals surface area contributed by atoms with Gasteiger partial charge in [0.2, 0.25) is 0 Å². The molecule has 1 aromatic rings. The van der Waals surface area contributed by atoms with Crippen LogP contribution < -0.4 is 0 Å². The lowest BCUT2D eigenvalue weighted by molar-refractivity contribution is 0.0716. The Morgan fingerprint density at radius 3 is 2.33 bits per heavy atom. The molecule has 0 aliphatic carbocycles. The van der Waals surface area contributed by atoms with Gasteiger partial charge in [0.25, 0.3) is 0 Å². The minimum absolute atomic E-state index is 0.249. The number of hydrogen-bond acceptors (Lipinski definition) is 4. The first-order valence-electron chi connectivity index (χ1n) is 4.41. The zero-order chi connectivity index (χ0) is 10.8. The number of rotatable bonds is 2. The number of fused-ring (bicyclic) bond motifs is 1. The van der Waals surface area contributed by atoms with Crippen molar-refractivity contribution < 1.29 is 9.53 Å². The summed E-state index contributed by atoms with van der Waals surface area (Å²) in [7, 11) is 0. The average molecular weight is 238 g/mol. The molecule has 15 heavy (non-hydrogen) atoms. The summed E-state index contributed by atoms with van der Waals surface area (Å²) in [5.41, 5.74) is 1.56. The molecule has 2 nitrogen and oxygen atoms in total. The number of ether oxygens (including phenoxy) is 1. The molecule has 0 spiro atoms. The number of hydrogen-bond donors (Lipinski definition) is 0. The fourth-order valence-corrected chi connectivity index (χ4v) is 2.82. The number of cyclic esters (lactones) is 1. The van der Waals surface area contributed by atoms with Gasteiger partial charge in [-0.1, -0.05) is 18.2 Å². The standard InChI is InChI=1S/C11H10O2S2/c1-14-11(15-2)9-7-5-3-4-6-8(7)10(12)13-9/h3-6H,1-2H3. The smallest absolute Gasteiger partial charge is 0.344 e. The van der Waals surface area contributed by atoms with E-state index in [1.54, 1.807) is 29.6 Å². The number of esters is 1. The van der Waals surface area contributed by atoms with E-state index in [4.69, 9.17) is 4.74 Å². The fraction of sp³-hybridized carbons (Fsp3) is 0.182. The molecule has 0 amide bonds. The molecular formula is C11H10O2S2. The molecule has 0 bridgehead atoms. The zero-order valence-electron chi connectivity index (χ0n) is 8.44. The highest BCUT2D eigenvalue weighted by atomic mass is 32.2. The minimum atomic E-state index is -0.249.